The number of carbonyl (C=O) groups excluding carboxylic acids is 2. The molecule has 0 spiro atoms. The minimum Gasteiger partial charge on any atom is -0.489 e. The fourth-order valence-electron chi connectivity index (χ4n) is 3.57. The van der Waals surface area contributed by atoms with Crippen LogP contribution in [-0.2, 0) is 17.9 Å². The van der Waals surface area contributed by atoms with Crippen molar-refractivity contribution >= 4 is 23.4 Å². The summed E-state index contributed by atoms with van der Waals surface area (Å²) in [4.78, 5) is 25.9. The second-order valence-corrected chi connectivity index (χ2v) is 7.19. The first-order valence-corrected chi connectivity index (χ1v) is 9.18. The third-order valence-electron chi connectivity index (χ3n) is 5.00. The summed E-state index contributed by atoms with van der Waals surface area (Å²) < 4.78 is 5.95. The molecule has 1 saturated heterocycles. The predicted molar refractivity (Wildman–Crippen MR) is 99.3 cm³/mol. The van der Waals surface area contributed by atoms with E-state index in [0.717, 1.165) is 11.1 Å². The summed E-state index contributed by atoms with van der Waals surface area (Å²) in [6.07, 6.45) is -0.321. The molecule has 140 valence electrons. The fraction of sp³-hybridized carbons (Fsp3) is 0.300. The molecule has 2 atom stereocenters. The van der Waals surface area contributed by atoms with Gasteiger partial charge >= 0.3 is 0 Å². The number of fused-ring (bicyclic) bond motifs is 1. The average molecular weight is 387 g/mol. The molecule has 0 radical (unpaired) electrons. The maximum Gasteiger partial charge on any atom is 0.255 e. The molecule has 2 aliphatic rings. The van der Waals surface area contributed by atoms with Crippen molar-refractivity contribution in [2.75, 3.05) is 0 Å². The van der Waals surface area contributed by atoms with E-state index in [4.69, 9.17) is 16.3 Å². The number of hydrogen-bond donors (Lipinski definition) is 2. The molecule has 2 aromatic rings. The van der Waals surface area contributed by atoms with E-state index in [-0.39, 0.29) is 11.8 Å². The van der Waals surface area contributed by atoms with Crippen molar-refractivity contribution in [3.8, 4) is 5.75 Å². The number of aliphatic hydroxyl groups is 1. The summed E-state index contributed by atoms with van der Waals surface area (Å²) in [5.74, 6) is 0.296. The van der Waals surface area contributed by atoms with Crippen LogP contribution >= 0.6 is 11.6 Å². The smallest absolute Gasteiger partial charge is 0.255 e. The van der Waals surface area contributed by atoms with E-state index in [0.29, 0.717) is 42.3 Å². The topological polar surface area (TPSA) is 78.9 Å². The first kappa shape index (κ1) is 17.8. The average Bonchev–Trinajstić information content (AvgIpc) is 2.99. The Morgan fingerprint density at radius 3 is 2.70 bits per heavy atom. The highest BCUT2D eigenvalue weighted by atomic mass is 35.5. The Kier molecular flexibility index (Phi) is 4.76. The van der Waals surface area contributed by atoms with Crippen molar-refractivity contribution in [1.29, 1.82) is 0 Å². The van der Waals surface area contributed by atoms with Gasteiger partial charge in [-0.3, -0.25) is 9.59 Å². The SMILES string of the molecule is O=C1CCC(N2Cc3c(OCc4ccc(Cl)cc4)cccc3C2=O)C(O)N1. The summed E-state index contributed by atoms with van der Waals surface area (Å²) in [5, 5.41) is 13.3. The van der Waals surface area contributed by atoms with Crippen LogP contribution < -0.4 is 10.1 Å². The Balaban J connectivity index is 1.52. The number of amides is 2. The number of nitrogens with zero attached hydrogens (tertiary/aromatic N) is 1. The number of halogens is 1. The number of aliphatic hydroxyl groups excluding tert-OH is 1. The second kappa shape index (κ2) is 7.21. The van der Waals surface area contributed by atoms with Gasteiger partial charge in [-0.05, 0) is 36.2 Å². The number of piperidine rings is 1. The predicted octanol–water partition coefficient (Wildman–Crippen LogP) is 2.47. The standard InChI is InChI=1S/C20H19ClN2O4/c21-13-6-4-12(5-7-13)11-27-17-3-1-2-14-15(17)10-23(20(14)26)16-8-9-18(24)22-19(16)25/h1-7,16,19,25H,8-11H2,(H,22,24). The molecule has 2 heterocycles. The van der Waals surface area contributed by atoms with E-state index in [1.54, 1.807) is 29.2 Å². The molecule has 27 heavy (non-hydrogen) atoms. The molecule has 0 bridgehead atoms. The number of benzene rings is 2. The van der Waals surface area contributed by atoms with Gasteiger partial charge in [-0.25, -0.2) is 0 Å². The van der Waals surface area contributed by atoms with Gasteiger partial charge in [0.15, 0.2) is 0 Å². The number of carbonyl (C=O) groups is 2. The zero-order valence-electron chi connectivity index (χ0n) is 14.5. The molecule has 7 heteroatoms. The normalized spacial score (nSPS) is 21.8. The lowest BCUT2D eigenvalue weighted by atomic mass is 10.0. The van der Waals surface area contributed by atoms with Crippen molar-refractivity contribution in [2.45, 2.75) is 38.3 Å². The highest BCUT2D eigenvalue weighted by molar-refractivity contribution is 6.30. The van der Waals surface area contributed by atoms with E-state index in [9.17, 15) is 14.7 Å². The zero-order valence-corrected chi connectivity index (χ0v) is 15.3. The van der Waals surface area contributed by atoms with Gasteiger partial charge in [0.05, 0.1) is 12.6 Å². The van der Waals surface area contributed by atoms with Crippen molar-refractivity contribution in [3.05, 3.63) is 64.2 Å². The van der Waals surface area contributed by atoms with Crippen LogP contribution in [0.3, 0.4) is 0 Å². The quantitative estimate of drug-likeness (QED) is 0.846. The lowest BCUT2D eigenvalue weighted by molar-refractivity contribution is -0.129. The van der Waals surface area contributed by atoms with Crippen LogP contribution in [0, 0.1) is 0 Å². The minimum absolute atomic E-state index is 0.151. The van der Waals surface area contributed by atoms with Gasteiger partial charge in [0, 0.05) is 22.6 Å². The van der Waals surface area contributed by atoms with Crippen LogP contribution in [0.1, 0.15) is 34.3 Å². The molecule has 2 aliphatic heterocycles. The molecular weight excluding hydrogens is 368 g/mol. The Labute approximate surface area is 161 Å². The van der Waals surface area contributed by atoms with Gasteiger partial charge in [-0.2, -0.15) is 0 Å². The summed E-state index contributed by atoms with van der Waals surface area (Å²) in [5.41, 5.74) is 2.36. The first-order valence-electron chi connectivity index (χ1n) is 8.80. The number of hydrogen-bond acceptors (Lipinski definition) is 4. The van der Waals surface area contributed by atoms with Crippen LogP contribution in [-0.4, -0.2) is 34.1 Å². The Hall–Kier alpha value is -2.57. The van der Waals surface area contributed by atoms with Crippen molar-refractivity contribution < 1.29 is 19.4 Å². The van der Waals surface area contributed by atoms with Gasteiger partial charge < -0.3 is 20.1 Å². The van der Waals surface area contributed by atoms with Crippen molar-refractivity contribution in [3.63, 3.8) is 0 Å². The maximum absolute atomic E-state index is 12.8. The van der Waals surface area contributed by atoms with Crippen LogP contribution in [0.15, 0.2) is 42.5 Å². The molecule has 1 fully saturated rings. The van der Waals surface area contributed by atoms with Gasteiger partial charge in [0.1, 0.15) is 18.6 Å². The zero-order chi connectivity index (χ0) is 19.0. The molecule has 6 nitrogen and oxygen atoms in total. The summed E-state index contributed by atoms with van der Waals surface area (Å²) >= 11 is 5.90. The monoisotopic (exact) mass is 386 g/mol. The summed E-state index contributed by atoms with van der Waals surface area (Å²) in [7, 11) is 0. The third kappa shape index (κ3) is 3.50. The third-order valence-corrected chi connectivity index (χ3v) is 5.25. The molecule has 2 amide bonds. The van der Waals surface area contributed by atoms with Crippen LogP contribution in [0.5, 0.6) is 5.75 Å². The lowest BCUT2D eigenvalue weighted by Gasteiger charge is -2.35. The molecule has 2 aromatic carbocycles. The molecule has 2 unspecified atom stereocenters. The molecule has 0 aromatic heterocycles. The van der Waals surface area contributed by atoms with E-state index in [1.165, 1.54) is 0 Å². The molecule has 0 aliphatic carbocycles. The van der Waals surface area contributed by atoms with Crippen LogP contribution in [0.25, 0.3) is 0 Å². The van der Waals surface area contributed by atoms with Crippen molar-refractivity contribution in [1.82, 2.24) is 10.2 Å². The number of ether oxygens (including phenoxy) is 1. The number of rotatable bonds is 4. The maximum atomic E-state index is 12.8. The van der Waals surface area contributed by atoms with E-state index in [2.05, 4.69) is 5.32 Å². The number of nitrogens with one attached hydrogen (secondary N) is 1. The molecular formula is C20H19ClN2O4. The molecule has 2 N–H and O–H groups in total. The van der Waals surface area contributed by atoms with Crippen LogP contribution in [0.2, 0.25) is 5.02 Å². The van der Waals surface area contributed by atoms with E-state index < -0.39 is 12.3 Å². The van der Waals surface area contributed by atoms with E-state index >= 15 is 0 Å². The summed E-state index contributed by atoms with van der Waals surface area (Å²) in [6, 6.07) is 12.3. The Morgan fingerprint density at radius 1 is 1.19 bits per heavy atom. The second-order valence-electron chi connectivity index (χ2n) is 6.75. The lowest BCUT2D eigenvalue weighted by Crippen LogP contribution is -2.55. The molecule has 0 saturated carbocycles. The van der Waals surface area contributed by atoms with Gasteiger partial charge in [-0.1, -0.05) is 29.8 Å². The Bertz CT molecular complexity index is 884. The largest absolute Gasteiger partial charge is 0.489 e. The first-order chi connectivity index (χ1) is 13.0. The van der Waals surface area contributed by atoms with Gasteiger partial charge in [0.25, 0.3) is 5.91 Å². The fourth-order valence-corrected chi connectivity index (χ4v) is 3.69. The van der Waals surface area contributed by atoms with Gasteiger partial charge in [0.2, 0.25) is 5.91 Å². The van der Waals surface area contributed by atoms with Gasteiger partial charge in [-0.15, -0.1) is 0 Å². The summed E-state index contributed by atoms with van der Waals surface area (Å²) in [6.45, 7) is 0.715. The highest BCUT2D eigenvalue weighted by Gasteiger charge is 2.39. The van der Waals surface area contributed by atoms with E-state index in [1.807, 2.05) is 18.2 Å². The van der Waals surface area contributed by atoms with Crippen molar-refractivity contribution in [2.24, 2.45) is 0 Å². The van der Waals surface area contributed by atoms with Crippen LogP contribution in [0.4, 0.5) is 0 Å². The molecule has 4 rings (SSSR count). The minimum atomic E-state index is -1.05. The highest BCUT2D eigenvalue weighted by Crippen LogP contribution is 2.34. The Morgan fingerprint density at radius 2 is 1.96 bits per heavy atom.